The van der Waals surface area contributed by atoms with Crippen molar-refractivity contribution in [1.29, 1.82) is 0 Å². The lowest BCUT2D eigenvalue weighted by atomic mass is 9.93. The van der Waals surface area contributed by atoms with Gasteiger partial charge in [0.2, 0.25) is 0 Å². The molecule has 0 fully saturated rings. The minimum absolute atomic E-state index is 0.323. The second-order valence-electron chi connectivity index (χ2n) is 7.88. The van der Waals surface area contributed by atoms with Crippen molar-refractivity contribution in [3.8, 4) is 0 Å². The first-order chi connectivity index (χ1) is 14.1. The zero-order chi connectivity index (χ0) is 19.7. The van der Waals surface area contributed by atoms with Gasteiger partial charge in [0.05, 0.1) is 16.7 Å². The molecule has 2 aliphatic rings. The molecule has 0 saturated carbocycles. The first-order valence-corrected chi connectivity index (χ1v) is 9.91. The highest BCUT2D eigenvalue weighted by molar-refractivity contribution is 6.50. The SMILES string of the molecule is Cc1ccc2c(C3=C(c4c[nH]c5ccccc45)C(=O)NC3=O)cn3c2c1CCC3. The molecule has 2 amide bonds. The smallest absolute Gasteiger partial charge is 0.259 e. The third kappa shape index (κ3) is 2.15. The van der Waals surface area contributed by atoms with Gasteiger partial charge in [-0.1, -0.05) is 30.3 Å². The summed E-state index contributed by atoms with van der Waals surface area (Å²) < 4.78 is 2.24. The van der Waals surface area contributed by atoms with E-state index >= 15 is 0 Å². The number of rotatable bonds is 2. The average molecular weight is 381 g/mol. The number of hydrogen-bond acceptors (Lipinski definition) is 2. The normalized spacial score (nSPS) is 16.3. The molecule has 0 unspecified atom stereocenters. The number of hydrogen-bond donors (Lipinski definition) is 2. The third-order valence-electron chi connectivity index (χ3n) is 6.26. The number of H-pyrrole nitrogens is 1. The van der Waals surface area contributed by atoms with Crippen LogP contribution in [0.15, 0.2) is 48.8 Å². The van der Waals surface area contributed by atoms with E-state index in [1.807, 2.05) is 30.5 Å². The Morgan fingerprint density at radius 2 is 1.72 bits per heavy atom. The van der Waals surface area contributed by atoms with Crippen LogP contribution in [0.4, 0.5) is 0 Å². The van der Waals surface area contributed by atoms with Crippen molar-refractivity contribution >= 4 is 44.8 Å². The first kappa shape index (κ1) is 16.4. The van der Waals surface area contributed by atoms with E-state index in [4.69, 9.17) is 0 Å². The van der Waals surface area contributed by atoms with Gasteiger partial charge in [-0.05, 0) is 37.0 Å². The van der Waals surface area contributed by atoms with Crippen LogP contribution in [-0.4, -0.2) is 21.4 Å². The summed E-state index contributed by atoms with van der Waals surface area (Å²) in [6.07, 6.45) is 6.01. The Bertz CT molecular complexity index is 1400. The number of fused-ring (bicyclic) bond motifs is 1. The highest BCUT2D eigenvalue weighted by atomic mass is 16.2. The molecule has 5 nitrogen and oxygen atoms in total. The topological polar surface area (TPSA) is 66.9 Å². The molecule has 2 N–H and O–H groups in total. The zero-order valence-electron chi connectivity index (χ0n) is 16.0. The molecule has 0 radical (unpaired) electrons. The van der Waals surface area contributed by atoms with Crippen molar-refractivity contribution in [3.63, 3.8) is 0 Å². The molecule has 4 heterocycles. The number of para-hydroxylation sites is 1. The van der Waals surface area contributed by atoms with E-state index in [2.05, 4.69) is 40.1 Å². The fraction of sp³-hybridized carbons (Fsp3) is 0.167. The van der Waals surface area contributed by atoms with E-state index < -0.39 is 0 Å². The number of aromatic nitrogens is 2. The first-order valence-electron chi connectivity index (χ1n) is 9.91. The lowest BCUT2D eigenvalue weighted by molar-refractivity contribution is -0.122. The van der Waals surface area contributed by atoms with Crippen LogP contribution in [0, 0.1) is 6.92 Å². The van der Waals surface area contributed by atoms with Gasteiger partial charge in [-0.15, -0.1) is 0 Å². The van der Waals surface area contributed by atoms with Crippen molar-refractivity contribution in [1.82, 2.24) is 14.9 Å². The summed E-state index contributed by atoms with van der Waals surface area (Å²) >= 11 is 0. The highest BCUT2D eigenvalue weighted by Crippen LogP contribution is 2.40. The van der Waals surface area contributed by atoms with Gasteiger partial charge < -0.3 is 9.55 Å². The number of nitrogens with zero attached hydrogens (tertiary/aromatic N) is 1. The van der Waals surface area contributed by atoms with Gasteiger partial charge in [-0.2, -0.15) is 0 Å². The van der Waals surface area contributed by atoms with Crippen molar-refractivity contribution in [2.24, 2.45) is 0 Å². The number of carbonyl (C=O) groups is 2. The van der Waals surface area contributed by atoms with Crippen molar-refractivity contribution in [2.75, 3.05) is 0 Å². The summed E-state index contributed by atoms with van der Waals surface area (Å²) in [6.45, 7) is 3.07. The maximum Gasteiger partial charge on any atom is 0.259 e. The third-order valence-corrected chi connectivity index (χ3v) is 6.26. The van der Waals surface area contributed by atoms with Crippen LogP contribution in [0.25, 0.3) is 33.0 Å². The summed E-state index contributed by atoms with van der Waals surface area (Å²) in [5, 5.41) is 4.51. The van der Waals surface area contributed by atoms with E-state index in [0.29, 0.717) is 11.1 Å². The molecular formula is C24H19N3O2. The number of aromatic amines is 1. The summed E-state index contributed by atoms with van der Waals surface area (Å²) in [5.74, 6) is -0.659. The van der Waals surface area contributed by atoms with E-state index in [1.165, 1.54) is 16.6 Å². The monoisotopic (exact) mass is 381 g/mol. The quantitative estimate of drug-likeness (QED) is 0.517. The fourth-order valence-corrected chi connectivity index (χ4v) is 4.94. The summed E-state index contributed by atoms with van der Waals surface area (Å²) in [4.78, 5) is 29.0. The Morgan fingerprint density at radius 1 is 0.931 bits per heavy atom. The molecular weight excluding hydrogens is 362 g/mol. The van der Waals surface area contributed by atoms with Crippen LogP contribution in [0.1, 0.15) is 28.7 Å². The molecule has 0 aliphatic carbocycles. The van der Waals surface area contributed by atoms with Gasteiger partial charge in [0.15, 0.2) is 0 Å². The van der Waals surface area contributed by atoms with E-state index in [9.17, 15) is 9.59 Å². The predicted octanol–water partition coefficient (Wildman–Crippen LogP) is 3.94. The molecule has 0 saturated heterocycles. The van der Waals surface area contributed by atoms with Crippen LogP contribution >= 0.6 is 0 Å². The Balaban J connectivity index is 1.69. The molecule has 0 spiro atoms. The van der Waals surface area contributed by atoms with Gasteiger partial charge in [-0.25, -0.2) is 0 Å². The van der Waals surface area contributed by atoms with Gasteiger partial charge in [0.1, 0.15) is 0 Å². The van der Waals surface area contributed by atoms with Crippen LogP contribution in [-0.2, 0) is 22.6 Å². The van der Waals surface area contributed by atoms with E-state index in [-0.39, 0.29) is 11.8 Å². The largest absolute Gasteiger partial charge is 0.361 e. The minimum atomic E-state index is -0.335. The Labute approximate surface area is 167 Å². The molecule has 0 bridgehead atoms. The van der Waals surface area contributed by atoms with Gasteiger partial charge in [-0.3, -0.25) is 14.9 Å². The lowest BCUT2D eigenvalue weighted by Crippen LogP contribution is -2.22. The van der Waals surface area contributed by atoms with Crippen LogP contribution in [0.5, 0.6) is 0 Å². The predicted molar refractivity (Wildman–Crippen MR) is 113 cm³/mol. The second-order valence-corrected chi connectivity index (χ2v) is 7.88. The van der Waals surface area contributed by atoms with Crippen LogP contribution < -0.4 is 5.32 Å². The number of imide groups is 1. The summed E-state index contributed by atoms with van der Waals surface area (Å²) in [7, 11) is 0. The number of nitrogens with one attached hydrogen (secondary N) is 2. The van der Waals surface area contributed by atoms with Crippen molar-refractivity contribution in [2.45, 2.75) is 26.3 Å². The molecule has 142 valence electrons. The average Bonchev–Trinajstić information content (AvgIpc) is 3.38. The summed E-state index contributed by atoms with van der Waals surface area (Å²) in [5.41, 5.74) is 7.30. The molecule has 2 aliphatic heterocycles. The zero-order valence-corrected chi connectivity index (χ0v) is 16.0. The highest BCUT2D eigenvalue weighted by Gasteiger charge is 2.35. The molecule has 0 atom stereocenters. The van der Waals surface area contributed by atoms with Crippen molar-refractivity contribution in [3.05, 3.63) is 71.0 Å². The Kier molecular flexibility index (Phi) is 3.22. The standard InChI is InChI=1S/C24H19N3O2/c1-13-8-9-16-18(12-27-10-4-6-14(13)22(16)27)21-20(23(28)26-24(21)29)17-11-25-19-7-3-2-5-15(17)19/h2-3,5,7-9,11-12,25H,4,6,10H2,1H3,(H,26,28,29). The second kappa shape index (κ2) is 5.70. The maximum absolute atomic E-state index is 12.9. The van der Waals surface area contributed by atoms with E-state index in [1.54, 1.807) is 0 Å². The molecule has 6 rings (SSSR count). The van der Waals surface area contributed by atoms with Crippen LogP contribution in [0.3, 0.4) is 0 Å². The maximum atomic E-state index is 12.9. The number of amides is 2. The van der Waals surface area contributed by atoms with Gasteiger partial charge in [0, 0.05) is 46.4 Å². The van der Waals surface area contributed by atoms with Crippen molar-refractivity contribution < 1.29 is 9.59 Å². The Hall–Kier alpha value is -3.60. The minimum Gasteiger partial charge on any atom is -0.361 e. The lowest BCUT2D eigenvalue weighted by Gasteiger charge is -2.17. The van der Waals surface area contributed by atoms with Gasteiger partial charge in [0.25, 0.3) is 11.8 Å². The summed E-state index contributed by atoms with van der Waals surface area (Å²) in [6, 6.07) is 12.0. The van der Waals surface area contributed by atoms with E-state index in [0.717, 1.165) is 46.8 Å². The molecule has 29 heavy (non-hydrogen) atoms. The molecule has 2 aromatic carbocycles. The van der Waals surface area contributed by atoms with Gasteiger partial charge >= 0.3 is 0 Å². The molecule has 5 heteroatoms. The number of carbonyl (C=O) groups excluding carboxylic acids is 2. The number of aryl methyl sites for hydroxylation is 3. The molecule has 2 aromatic heterocycles. The molecule has 4 aromatic rings. The fourth-order valence-electron chi connectivity index (χ4n) is 4.94. The number of benzene rings is 2. The Morgan fingerprint density at radius 3 is 2.59 bits per heavy atom. The van der Waals surface area contributed by atoms with Crippen LogP contribution in [0.2, 0.25) is 0 Å².